The lowest BCUT2D eigenvalue weighted by molar-refractivity contribution is 0.191. The summed E-state index contributed by atoms with van der Waals surface area (Å²) in [5.74, 6) is 0.587. The van der Waals surface area contributed by atoms with E-state index in [-0.39, 0.29) is 0 Å². The molecule has 1 saturated carbocycles. The molecule has 3 nitrogen and oxygen atoms in total. The van der Waals surface area contributed by atoms with Crippen LogP contribution in [0.4, 0.5) is 4.79 Å². The van der Waals surface area contributed by atoms with Crippen molar-refractivity contribution in [1.82, 2.24) is 5.32 Å². The summed E-state index contributed by atoms with van der Waals surface area (Å²) < 4.78 is 0. The maximum absolute atomic E-state index is 10.2. The maximum Gasteiger partial charge on any atom is 0.404 e. The van der Waals surface area contributed by atoms with E-state index in [0.29, 0.717) is 12.5 Å². The zero-order chi connectivity index (χ0) is 8.81. The van der Waals surface area contributed by atoms with Crippen molar-refractivity contribution in [1.29, 1.82) is 0 Å². The number of hydrogen-bond acceptors (Lipinski definition) is 1. The van der Waals surface area contributed by atoms with Crippen LogP contribution in [0.15, 0.2) is 0 Å². The number of amides is 1. The number of carboxylic acid groups (broad SMARTS) is 1. The average Bonchev–Trinajstić information content (AvgIpc) is 2.28. The second-order valence-corrected chi connectivity index (χ2v) is 3.54. The fourth-order valence-electron chi connectivity index (χ4n) is 1.80. The van der Waals surface area contributed by atoms with Crippen molar-refractivity contribution in [3.8, 4) is 0 Å². The molecule has 3 heteroatoms. The summed E-state index contributed by atoms with van der Waals surface area (Å²) in [6.45, 7) is 0.648. The van der Waals surface area contributed by atoms with Gasteiger partial charge in [0.15, 0.2) is 0 Å². The third kappa shape index (κ3) is 3.60. The van der Waals surface area contributed by atoms with Crippen LogP contribution in [0, 0.1) is 5.92 Å². The van der Waals surface area contributed by atoms with E-state index in [9.17, 15) is 4.79 Å². The minimum Gasteiger partial charge on any atom is -0.465 e. The van der Waals surface area contributed by atoms with Crippen LogP contribution >= 0.6 is 0 Å². The summed E-state index contributed by atoms with van der Waals surface area (Å²) in [4.78, 5) is 10.2. The third-order valence-corrected chi connectivity index (χ3v) is 2.52. The minimum absolute atomic E-state index is 0.587. The first-order valence-electron chi connectivity index (χ1n) is 4.76. The first-order chi connectivity index (χ1) is 5.79. The highest BCUT2D eigenvalue weighted by molar-refractivity contribution is 5.64. The van der Waals surface area contributed by atoms with Gasteiger partial charge in [0.25, 0.3) is 0 Å². The van der Waals surface area contributed by atoms with E-state index in [1.165, 1.54) is 38.5 Å². The zero-order valence-corrected chi connectivity index (χ0v) is 7.38. The van der Waals surface area contributed by atoms with Gasteiger partial charge in [-0.3, -0.25) is 0 Å². The standard InChI is InChI=1S/C9H17NO2/c11-9(12)10-7-8-5-3-1-2-4-6-8/h8,10H,1-7H2,(H,11,12). The fourth-order valence-corrected chi connectivity index (χ4v) is 1.80. The van der Waals surface area contributed by atoms with Crippen LogP contribution in [-0.4, -0.2) is 17.7 Å². The Bertz CT molecular complexity index is 139. The molecule has 0 saturated heterocycles. The van der Waals surface area contributed by atoms with Crippen molar-refractivity contribution in [2.75, 3.05) is 6.54 Å². The second-order valence-electron chi connectivity index (χ2n) is 3.54. The van der Waals surface area contributed by atoms with Gasteiger partial charge in [0.1, 0.15) is 0 Å². The van der Waals surface area contributed by atoms with Crippen LogP contribution in [0.5, 0.6) is 0 Å². The summed E-state index contributed by atoms with van der Waals surface area (Å²) in [5.41, 5.74) is 0. The Morgan fingerprint density at radius 2 is 1.83 bits per heavy atom. The van der Waals surface area contributed by atoms with E-state index in [1.807, 2.05) is 0 Å². The average molecular weight is 171 g/mol. The molecule has 0 aromatic rings. The predicted molar refractivity (Wildman–Crippen MR) is 47.2 cm³/mol. The number of hydrogen-bond donors (Lipinski definition) is 2. The van der Waals surface area contributed by atoms with Gasteiger partial charge in [0.2, 0.25) is 0 Å². The van der Waals surface area contributed by atoms with E-state index >= 15 is 0 Å². The highest BCUT2D eigenvalue weighted by atomic mass is 16.4. The highest BCUT2D eigenvalue weighted by Crippen LogP contribution is 2.21. The highest BCUT2D eigenvalue weighted by Gasteiger charge is 2.12. The smallest absolute Gasteiger partial charge is 0.404 e. The van der Waals surface area contributed by atoms with Gasteiger partial charge in [0, 0.05) is 6.54 Å². The summed E-state index contributed by atoms with van der Waals surface area (Å²) in [6, 6.07) is 0. The lowest BCUT2D eigenvalue weighted by Crippen LogP contribution is -2.27. The summed E-state index contributed by atoms with van der Waals surface area (Å²) >= 11 is 0. The van der Waals surface area contributed by atoms with E-state index in [2.05, 4.69) is 5.32 Å². The molecule has 0 bridgehead atoms. The largest absolute Gasteiger partial charge is 0.465 e. The van der Waals surface area contributed by atoms with Crippen LogP contribution in [0.1, 0.15) is 38.5 Å². The van der Waals surface area contributed by atoms with Gasteiger partial charge in [-0.25, -0.2) is 4.79 Å². The van der Waals surface area contributed by atoms with Crippen LogP contribution in [-0.2, 0) is 0 Å². The van der Waals surface area contributed by atoms with Gasteiger partial charge >= 0.3 is 6.09 Å². The molecule has 0 aromatic carbocycles. The molecule has 0 radical (unpaired) electrons. The van der Waals surface area contributed by atoms with Gasteiger partial charge in [-0.15, -0.1) is 0 Å². The molecule has 1 aliphatic carbocycles. The molecule has 0 aromatic heterocycles. The number of rotatable bonds is 2. The molecule has 70 valence electrons. The molecular formula is C9H17NO2. The molecule has 0 unspecified atom stereocenters. The molecule has 1 amide bonds. The first kappa shape index (κ1) is 9.36. The number of carbonyl (C=O) groups is 1. The Kier molecular flexibility index (Phi) is 3.91. The second kappa shape index (κ2) is 5.01. The molecule has 2 N–H and O–H groups in total. The van der Waals surface area contributed by atoms with Gasteiger partial charge in [-0.1, -0.05) is 25.7 Å². The summed E-state index contributed by atoms with van der Waals surface area (Å²) in [5, 5.41) is 10.9. The minimum atomic E-state index is -0.890. The molecule has 1 rings (SSSR count). The van der Waals surface area contributed by atoms with Gasteiger partial charge in [0.05, 0.1) is 0 Å². The molecule has 0 heterocycles. The summed E-state index contributed by atoms with van der Waals surface area (Å²) in [6.07, 6.45) is 6.69. The Hall–Kier alpha value is -0.730. The van der Waals surface area contributed by atoms with Crippen molar-refractivity contribution >= 4 is 6.09 Å². The molecular weight excluding hydrogens is 154 g/mol. The van der Waals surface area contributed by atoms with Crippen LogP contribution in [0.2, 0.25) is 0 Å². The summed E-state index contributed by atoms with van der Waals surface area (Å²) in [7, 11) is 0. The number of nitrogens with one attached hydrogen (secondary N) is 1. The molecule has 1 aliphatic rings. The normalized spacial score (nSPS) is 20.0. The fraction of sp³-hybridized carbons (Fsp3) is 0.889. The van der Waals surface area contributed by atoms with Gasteiger partial charge in [-0.05, 0) is 18.8 Å². The van der Waals surface area contributed by atoms with Crippen molar-refractivity contribution in [2.24, 2.45) is 5.92 Å². The lowest BCUT2D eigenvalue weighted by Gasteiger charge is -2.12. The van der Waals surface area contributed by atoms with E-state index in [1.54, 1.807) is 0 Å². The molecule has 0 atom stereocenters. The Morgan fingerprint density at radius 1 is 1.25 bits per heavy atom. The Balaban J connectivity index is 2.16. The Labute approximate surface area is 73.2 Å². The van der Waals surface area contributed by atoms with Crippen molar-refractivity contribution in [2.45, 2.75) is 38.5 Å². The third-order valence-electron chi connectivity index (χ3n) is 2.52. The monoisotopic (exact) mass is 171 g/mol. The van der Waals surface area contributed by atoms with Crippen LogP contribution in [0.3, 0.4) is 0 Å². The van der Waals surface area contributed by atoms with E-state index in [4.69, 9.17) is 5.11 Å². The molecule has 0 aliphatic heterocycles. The molecule has 1 fully saturated rings. The van der Waals surface area contributed by atoms with Crippen LogP contribution in [0.25, 0.3) is 0 Å². The van der Waals surface area contributed by atoms with Gasteiger partial charge < -0.3 is 10.4 Å². The SMILES string of the molecule is O=C(O)NCC1CCCCCC1. The predicted octanol–water partition coefficient (Wildman–Crippen LogP) is 2.22. The maximum atomic E-state index is 10.2. The topological polar surface area (TPSA) is 49.3 Å². The quantitative estimate of drug-likeness (QED) is 0.626. The zero-order valence-electron chi connectivity index (χ0n) is 7.38. The first-order valence-corrected chi connectivity index (χ1v) is 4.76. The van der Waals surface area contributed by atoms with E-state index < -0.39 is 6.09 Å². The van der Waals surface area contributed by atoms with Crippen molar-refractivity contribution in [3.05, 3.63) is 0 Å². The van der Waals surface area contributed by atoms with Gasteiger partial charge in [-0.2, -0.15) is 0 Å². The molecule has 0 spiro atoms. The molecule has 12 heavy (non-hydrogen) atoms. The lowest BCUT2D eigenvalue weighted by atomic mass is 10.0. The van der Waals surface area contributed by atoms with Crippen molar-refractivity contribution in [3.63, 3.8) is 0 Å². The van der Waals surface area contributed by atoms with Crippen molar-refractivity contribution < 1.29 is 9.90 Å². The van der Waals surface area contributed by atoms with Crippen LogP contribution < -0.4 is 5.32 Å². The Morgan fingerprint density at radius 3 is 2.33 bits per heavy atom. The van der Waals surface area contributed by atoms with E-state index in [0.717, 1.165) is 0 Å².